The lowest BCUT2D eigenvalue weighted by Crippen LogP contribution is -2.34. The number of pyridine rings is 1. The SMILES string of the molecule is Cc1cccn2c(=O)c(/C=C3\SC(=S)N(C(C)C)C3=O)c(NCCOCCO)nc12. The number of aromatic nitrogens is 2. The molecule has 160 valence electrons. The number of aliphatic hydroxyl groups excluding tert-OH is 1. The predicted octanol–water partition coefficient (Wildman–Crippen LogP) is 2.03. The van der Waals surface area contributed by atoms with Crippen LogP contribution in [0.15, 0.2) is 28.0 Å². The number of amides is 1. The fourth-order valence-electron chi connectivity index (χ4n) is 3.04. The number of thiocarbonyl (C=S) groups is 1. The molecule has 1 fully saturated rings. The van der Waals surface area contributed by atoms with Crippen molar-refractivity contribution in [3.05, 3.63) is 44.7 Å². The highest BCUT2D eigenvalue weighted by molar-refractivity contribution is 8.26. The number of carbonyl (C=O) groups is 1. The van der Waals surface area contributed by atoms with Crippen LogP contribution >= 0.6 is 24.0 Å². The van der Waals surface area contributed by atoms with E-state index in [0.717, 1.165) is 5.56 Å². The first-order valence-electron chi connectivity index (χ1n) is 9.56. The third-order valence-electron chi connectivity index (χ3n) is 4.47. The number of aliphatic hydroxyl groups is 1. The predicted molar refractivity (Wildman–Crippen MR) is 123 cm³/mol. The van der Waals surface area contributed by atoms with Gasteiger partial charge in [-0.05, 0) is 38.5 Å². The van der Waals surface area contributed by atoms with Crippen molar-refractivity contribution < 1.29 is 14.6 Å². The molecular weight excluding hydrogens is 424 g/mol. The second-order valence-electron chi connectivity index (χ2n) is 6.97. The Balaban J connectivity index is 2.04. The number of hydrogen-bond donors (Lipinski definition) is 2. The van der Waals surface area contributed by atoms with Crippen LogP contribution in [0.2, 0.25) is 0 Å². The first-order chi connectivity index (χ1) is 14.3. The Bertz CT molecular complexity index is 1060. The van der Waals surface area contributed by atoms with Gasteiger partial charge < -0.3 is 15.2 Å². The maximum Gasteiger partial charge on any atom is 0.267 e. The number of thioether (sulfide) groups is 1. The molecule has 0 aliphatic carbocycles. The molecule has 0 atom stereocenters. The second kappa shape index (κ2) is 9.69. The Kier molecular flexibility index (Phi) is 7.24. The summed E-state index contributed by atoms with van der Waals surface area (Å²) >= 11 is 6.51. The average molecular weight is 449 g/mol. The molecule has 2 aromatic rings. The molecule has 10 heteroatoms. The molecule has 3 heterocycles. The Hall–Kier alpha value is -2.27. The van der Waals surface area contributed by atoms with Gasteiger partial charge in [0.05, 0.1) is 30.3 Å². The van der Waals surface area contributed by atoms with Crippen molar-refractivity contribution in [1.82, 2.24) is 14.3 Å². The van der Waals surface area contributed by atoms with Crippen LogP contribution in [0.25, 0.3) is 11.7 Å². The first-order valence-corrected chi connectivity index (χ1v) is 10.8. The summed E-state index contributed by atoms with van der Waals surface area (Å²) in [6.45, 7) is 6.57. The second-order valence-corrected chi connectivity index (χ2v) is 8.65. The van der Waals surface area contributed by atoms with Crippen molar-refractivity contribution in [2.45, 2.75) is 26.8 Å². The van der Waals surface area contributed by atoms with Crippen molar-refractivity contribution in [2.75, 3.05) is 31.7 Å². The zero-order chi connectivity index (χ0) is 21.8. The monoisotopic (exact) mass is 448 g/mol. The largest absolute Gasteiger partial charge is 0.394 e. The van der Waals surface area contributed by atoms with Crippen molar-refractivity contribution in [1.29, 1.82) is 0 Å². The minimum Gasteiger partial charge on any atom is -0.394 e. The molecular formula is C20H24N4O4S2. The summed E-state index contributed by atoms with van der Waals surface area (Å²) in [5, 5.41) is 11.9. The van der Waals surface area contributed by atoms with Crippen LogP contribution in [-0.4, -0.2) is 62.0 Å². The first kappa shape index (κ1) is 22.4. The van der Waals surface area contributed by atoms with Crippen LogP contribution in [-0.2, 0) is 9.53 Å². The van der Waals surface area contributed by atoms with Crippen LogP contribution in [0.4, 0.5) is 5.82 Å². The Morgan fingerprint density at radius 3 is 2.80 bits per heavy atom. The number of aryl methyl sites for hydroxylation is 1. The van der Waals surface area contributed by atoms with Gasteiger partial charge in [0.25, 0.3) is 11.5 Å². The normalized spacial score (nSPS) is 15.8. The van der Waals surface area contributed by atoms with Gasteiger partial charge in [0.2, 0.25) is 0 Å². The van der Waals surface area contributed by atoms with E-state index in [2.05, 4.69) is 10.3 Å². The van der Waals surface area contributed by atoms with E-state index in [-0.39, 0.29) is 36.3 Å². The fraction of sp³-hybridized carbons (Fsp3) is 0.400. The van der Waals surface area contributed by atoms with Gasteiger partial charge in [0.15, 0.2) is 0 Å². The maximum atomic E-state index is 13.2. The number of hydrogen-bond acceptors (Lipinski definition) is 8. The molecule has 0 aromatic carbocycles. The molecule has 30 heavy (non-hydrogen) atoms. The summed E-state index contributed by atoms with van der Waals surface area (Å²) in [6, 6.07) is 3.59. The highest BCUT2D eigenvalue weighted by atomic mass is 32.2. The number of rotatable bonds is 8. The molecule has 8 nitrogen and oxygen atoms in total. The lowest BCUT2D eigenvalue weighted by atomic mass is 10.2. The van der Waals surface area contributed by atoms with Gasteiger partial charge in [0, 0.05) is 18.8 Å². The van der Waals surface area contributed by atoms with Gasteiger partial charge in [0.1, 0.15) is 15.8 Å². The van der Waals surface area contributed by atoms with E-state index in [1.807, 2.05) is 26.8 Å². The molecule has 0 spiro atoms. The molecule has 1 aliphatic heterocycles. The van der Waals surface area contributed by atoms with Gasteiger partial charge in [-0.1, -0.05) is 30.0 Å². The highest BCUT2D eigenvalue weighted by Gasteiger charge is 2.34. The van der Waals surface area contributed by atoms with E-state index in [1.54, 1.807) is 18.3 Å². The van der Waals surface area contributed by atoms with Crippen LogP contribution in [0.5, 0.6) is 0 Å². The van der Waals surface area contributed by atoms with Crippen molar-refractivity contribution >= 4 is 51.7 Å². The average Bonchev–Trinajstić information content (AvgIpc) is 2.98. The molecule has 2 aromatic heterocycles. The standard InChI is InChI=1S/C20H24N4O4S2/c1-12(2)24-19(27)15(30-20(24)29)11-14-16(21-6-9-28-10-8-25)22-17-13(3)5-4-7-23(17)18(14)26/h4-5,7,11-12,21,25H,6,8-10H2,1-3H3/b15-11-. The number of fused-ring (bicyclic) bond motifs is 1. The topological polar surface area (TPSA) is 96.2 Å². The van der Waals surface area contributed by atoms with E-state index >= 15 is 0 Å². The maximum absolute atomic E-state index is 13.2. The molecule has 1 amide bonds. The molecule has 0 bridgehead atoms. The third kappa shape index (κ3) is 4.56. The lowest BCUT2D eigenvalue weighted by Gasteiger charge is -2.18. The Labute approximate surface area is 183 Å². The Morgan fingerprint density at radius 1 is 1.37 bits per heavy atom. The number of anilines is 1. The summed E-state index contributed by atoms with van der Waals surface area (Å²) in [7, 11) is 0. The van der Waals surface area contributed by atoms with Gasteiger partial charge in [-0.25, -0.2) is 4.98 Å². The molecule has 0 saturated carbocycles. The van der Waals surface area contributed by atoms with Gasteiger partial charge in [-0.2, -0.15) is 0 Å². The smallest absolute Gasteiger partial charge is 0.267 e. The van der Waals surface area contributed by atoms with Gasteiger partial charge in [-0.3, -0.25) is 18.9 Å². The van der Waals surface area contributed by atoms with Crippen LogP contribution in [0, 0.1) is 6.92 Å². The summed E-state index contributed by atoms with van der Waals surface area (Å²) < 4.78 is 7.21. The van der Waals surface area contributed by atoms with Gasteiger partial charge in [-0.15, -0.1) is 0 Å². The number of carbonyl (C=O) groups excluding carboxylic acids is 1. The van der Waals surface area contributed by atoms with Crippen molar-refractivity contribution in [3.8, 4) is 0 Å². The third-order valence-corrected chi connectivity index (χ3v) is 5.80. The van der Waals surface area contributed by atoms with E-state index in [9.17, 15) is 9.59 Å². The molecule has 0 radical (unpaired) electrons. The number of nitrogens with one attached hydrogen (secondary N) is 1. The van der Waals surface area contributed by atoms with Crippen molar-refractivity contribution in [2.24, 2.45) is 0 Å². The Morgan fingerprint density at radius 2 is 2.13 bits per heavy atom. The summed E-state index contributed by atoms with van der Waals surface area (Å²) in [4.78, 5) is 32.6. The van der Waals surface area contributed by atoms with E-state index in [4.69, 9.17) is 22.1 Å². The molecule has 3 rings (SSSR count). The van der Waals surface area contributed by atoms with Crippen LogP contribution in [0.1, 0.15) is 25.0 Å². The minimum absolute atomic E-state index is 0.0578. The summed E-state index contributed by atoms with van der Waals surface area (Å²) in [5.74, 6) is 0.155. The fourth-order valence-corrected chi connectivity index (χ4v) is 4.55. The summed E-state index contributed by atoms with van der Waals surface area (Å²) in [5.41, 5.74) is 1.39. The zero-order valence-electron chi connectivity index (χ0n) is 17.0. The minimum atomic E-state index is -0.280. The lowest BCUT2D eigenvalue weighted by molar-refractivity contribution is -0.123. The van der Waals surface area contributed by atoms with E-state index in [1.165, 1.54) is 21.1 Å². The molecule has 1 saturated heterocycles. The molecule has 2 N–H and O–H groups in total. The highest BCUT2D eigenvalue weighted by Crippen LogP contribution is 2.34. The van der Waals surface area contributed by atoms with E-state index in [0.29, 0.717) is 33.8 Å². The summed E-state index contributed by atoms with van der Waals surface area (Å²) in [6.07, 6.45) is 3.21. The van der Waals surface area contributed by atoms with Gasteiger partial charge >= 0.3 is 0 Å². The van der Waals surface area contributed by atoms with Crippen molar-refractivity contribution in [3.63, 3.8) is 0 Å². The van der Waals surface area contributed by atoms with Crippen LogP contribution < -0.4 is 10.9 Å². The van der Waals surface area contributed by atoms with E-state index < -0.39 is 0 Å². The van der Waals surface area contributed by atoms with Crippen LogP contribution in [0.3, 0.4) is 0 Å². The molecule has 1 aliphatic rings. The number of nitrogens with zero attached hydrogens (tertiary/aromatic N) is 3. The quantitative estimate of drug-likeness (QED) is 0.360. The number of ether oxygens (including phenoxy) is 1. The molecule has 0 unspecified atom stereocenters. The zero-order valence-corrected chi connectivity index (χ0v) is 18.7.